The number of likely N-dealkylation sites (tertiary alicyclic amines) is 1. The topological polar surface area (TPSA) is 79.0 Å². The van der Waals surface area contributed by atoms with E-state index in [0.29, 0.717) is 35.6 Å². The van der Waals surface area contributed by atoms with Crippen LogP contribution in [0.2, 0.25) is 0 Å². The number of aromatic nitrogens is 3. The molecule has 1 N–H and O–H groups in total. The molecule has 0 aliphatic carbocycles. The lowest BCUT2D eigenvalue weighted by Gasteiger charge is -2.25. The fourth-order valence-electron chi connectivity index (χ4n) is 3.37. The van der Waals surface area contributed by atoms with Crippen molar-refractivity contribution < 1.29 is 4.79 Å². The van der Waals surface area contributed by atoms with Crippen LogP contribution >= 0.6 is 0 Å². The molecular weight excluding hydrogens is 304 g/mol. The number of pyridine rings is 1. The minimum atomic E-state index is -0.186. The predicted molar refractivity (Wildman–Crippen MR) is 91.0 cm³/mol. The van der Waals surface area contributed by atoms with Gasteiger partial charge in [-0.1, -0.05) is 6.92 Å². The van der Waals surface area contributed by atoms with Crippen LogP contribution in [0.25, 0.3) is 0 Å². The van der Waals surface area contributed by atoms with Crippen LogP contribution in [0.1, 0.15) is 58.9 Å². The molecule has 6 heteroatoms. The first-order valence-electron chi connectivity index (χ1n) is 8.35. The highest BCUT2D eigenvalue weighted by Crippen LogP contribution is 2.31. The molecule has 2 aromatic heterocycles. The molecule has 126 valence electrons. The van der Waals surface area contributed by atoms with Gasteiger partial charge < -0.3 is 9.88 Å². The monoisotopic (exact) mass is 326 g/mol. The molecule has 1 aliphatic rings. The molecule has 0 aromatic carbocycles. The second kappa shape index (κ2) is 6.55. The summed E-state index contributed by atoms with van der Waals surface area (Å²) in [5.41, 5.74) is 2.67. The first-order chi connectivity index (χ1) is 11.5. The van der Waals surface area contributed by atoms with Crippen LogP contribution < -0.4 is 5.56 Å². The first-order valence-corrected chi connectivity index (χ1v) is 8.35. The highest BCUT2D eigenvalue weighted by Gasteiger charge is 2.33. The number of rotatable bonds is 3. The van der Waals surface area contributed by atoms with E-state index in [1.807, 2.05) is 20.8 Å². The minimum Gasteiger partial charge on any atom is -0.328 e. The van der Waals surface area contributed by atoms with Crippen LogP contribution in [-0.2, 0) is 6.42 Å². The van der Waals surface area contributed by atoms with E-state index in [2.05, 4.69) is 15.0 Å². The molecule has 3 rings (SSSR count). The number of hydrogen-bond donors (Lipinski definition) is 1. The third-order valence-electron chi connectivity index (χ3n) is 4.66. The van der Waals surface area contributed by atoms with E-state index in [1.165, 1.54) is 0 Å². The van der Waals surface area contributed by atoms with Gasteiger partial charge in [-0.25, -0.2) is 4.98 Å². The Morgan fingerprint density at radius 3 is 2.83 bits per heavy atom. The van der Waals surface area contributed by atoms with E-state index in [9.17, 15) is 9.59 Å². The summed E-state index contributed by atoms with van der Waals surface area (Å²) in [5.74, 6) is 0.532. The molecule has 1 amide bonds. The number of carbonyl (C=O) groups is 1. The zero-order chi connectivity index (χ0) is 17.3. The van der Waals surface area contributed by atoms with Crippen LogP contribution in [-0.4, -0.2) is 32.3 Å². The Labute approximate surface area is 141 Å². The Kier molecular flexibility index (Phi) is 4.46. The molecule has 1 unspecified atom stereocenters. The average Bonchev–Trinajstić information content (AvgIpc) is 3.04. The normalized spacial score (nSPS) is 17.3. The summed E-state index contributed by atoms with van der Waals surface area (Å²) in [4.78, 5) is 38.6. The van der Waals surface area contributed by atoms with Gasteiger partial charge in [-0.15, -0.1) is 0 Å². The standard InChI is InChI=1S/C18H22N4O2/c1-4-13-12(3)20-16(21-17(13)23)15-8-6-10-22(15)18(24)14-7-5-9-19-11(14)2/h5,7,9,15H,4,6,8,10H2,1-3H3,(H,20,21,23). The van der Waals surface area contributed by atoms with Crippen molar-refractivity contribution in [1.82, 2.24) is 19.9 Å². The fraction of sp³-hybridized carbons (Fsp3) is 0.444. The molecule has 0 spiro atoms. The van der Waals surface area contributed by atoms with Crippen molar-refractivity contribution in [1.29, 1.82) is 0 Å². The molecule has 2 aromatic rings. The number of carbonyl (C=O) groups excluding carboxylic acids is 1. The van der Waals surface area contributed by atoms with Crippen molar-refractivity contribution in [3.05, 3.63) is 57.0 Å². The molecule has 0 bridgehead atoms. The smallest absolute Gasteiger partial charge is 0.256 e. The van der Waals surface area contributed by atoms with Crippen LogP contribution in [0.5, 0.6) is 0 Å². The lowest BCUT2D eigenvalue weighted by Crippen LogP contribution is -2.33. The summed E-state index contributed by atoms with van der Waals surface area (Å²) in [6.07, 6.45) is 4.03. The van der Waals surface area contributed by atoms with E-state index in [-0.39, 0.29) is 17.5 Å². The molecule has 24 heavy (non-hydrogen) atoms. The van der Waals surface area contributed by atoms with Gasteiger partial charge in [0.1, 0.15) is 5.82 Å². The van der Waals surface area contributed by atoms with E-state index in [4.69, 9.17) is 0 Å². The fourth-order valence-corrected chi connectivity index (χ4v) is 3.37. The van der Waals surface area contributed by atoms with Crippen LogP contribution in [0, 0.1) is 13.8 Å². The summed E-state index contributed by atoms with van der Waals surface area (Å²) >= 11 is 0. The van der Waals surface area contributed by atoms with Gasteiger partial charge in [-0.05, 0) is 45.2 Å². The SMILES string of the molecule is CCc1c(C)nc(C2CCCN2C(=O)c2cccnc2C)[nH]c1=O. The number of aryl methyl sites for hydroxylation is 2. The molecular formula is C18H22N4O2. The lowest BCUT2D eigenvalue weighted by molar-refractivity contribution is 0.0728. The largest absolute Gasteiger partial charge is 0.328 e. The third-order valence-corrected chi connectivity index (χ3v) is 4.66. The molecule has 1 aliphatic heterocycles. The number of nitrogens with one attached hydrogen (secondary N) is 1. The quantitative estimate of drug-likeness (QED) is 0.939. The number of nitrogens with zero attached hydrogens (tertiary/aromatic N) is 3. The maximum absolute atomic E-state index is 12.9. The Hall–Kier alpha value is -2.50. The minimum absolute atomic E-state index is 0.0528. The summed E-state index contributed by atoms with van der Waals surface area (Å²) in [5, 5.41) is 0. The molecule has 0 radical (unpaired) electrons. The van der Waals surface area contributed by atoms with Crippen molar-refractivity contribution in [2.24, 2.45) is 0 Å². The molecule has 1 atom stereocenters. The third kappa shape index (κ3) is 2.84. The highest BCUT2D eigenvalue weighted by molar-refractivity contribution is 5.95. The second-order valence-electron chi connectivity index (χ2n) is 6.16. The van der Waals surface area contributed by atoms with Gasteiger partial charge in [0.25, 0.3) is 11.5 Å². The summed E-state index contributed by atoms with van der Waals surface area (Å²) in [7, 11) is 0. The second-order valence-corrected chi connectivity index (χ2v) is 6.16. The molecule has 1 fully saturated rings. The Bertz CT molecular complexity index is 828. The Morgan fingerprint density at radius 1 is 1.38 bits per heavy atom. The van der Waals surface area contributed by atoms with Crippen molar-refractivity contribution in [3.8, 4) is 0 Å². The first kappa shape index (κ1) is 16.4. The van der Waals surface area contributed by atoms with Crippen molar-refractivity contribution in [3.63, 3.8) is 0 Å². The van der Waals surface area contributed by atoms with Gasteiger partial charge in [-0.3, -0.25) is 14.6 Å². The zero-order valence-electron chi connectivity index (χ0n) is 14.3. The summed E-state index contributed by atoms with van der Waals surface area (Å²) < 4.78 is 0. The van der Waals surface area contributed by atoms with Gasteiger partial charge in [0, 0.05) is 29.7 Å². The van der Waals surface area contributed by atoms with E-state index in [0.717, 1.165) is 18.5 Å². The molecule has 6 nitrogen and oxygen atoms in total. The molecule has 0 saturated carbocycles. The number of aromatic amines is 1. The van der Waals surface area contributed by atoms with Crippen LogP contribution in [0.4, 0.5) is 0 Å². The van der Waals surface area contributed by atoms with E-state index in [1.54, 1.807) is 23.2 Å². The number of amides is 1. The Morgan fingerprint density at radius 2 is 2.17 bits per heavy atom. The average molecular weight is 326 g/mol. The number of hydrogen-bond acceptors (Lipinski definition) is 4. The van der Waals surface area contributed by atoms with Gasteiger partial charge >= 0.3 is 0 Å². The van der Waals surface area contributed by atoms with Crippen LogP contribution in [0.15, 0.2) is 23.1 Å². The maximum atomic E-state index is 12.9. The van der Waals surface area contributed by atoms with Crippen molar-refractivity contribution >= 4 is 5.91 Å². The molecule has 3 heterocycles. The van der Waals surface area contributed by atoms with E-state index >= 15 is 0 Å². The van der Waals surface area contributed by atoms with Crippen molar-refractivity contribution in [2.45, 2.75) is 46.1 Å². The summed E-state index contributed by atoms with van der Waals surface area (Å²) in [6, 6.07) is 3.38. The van der Waals surface area contributed by atoms with Gasteiger partial charge in [0.05, 0.1) is 11.6 Å². The van der Waals surface area contributed by atoms with Gasteiger partial charge in [-0.2, -0.15) is 0 Å². The predicted octanol–water partition coefficient (Wildman–Crippen LogP) is 2.32. The zero-order valence-corrected chi connectivity index (χ0v) is 14.3. The highest BCUT2D eigenvalue weighted by atomic mass is 16.2. The van der Waals surface area contributed by atoms with Gasteiger partial charge in [0.2, 0.25) is 0 Å². The van der Waals surface area contributed by atoms with Gasteiger partial charge in [0.15, 0.2) is 0 Å². The van der Waals surface area contributed by atoms with Crippen LogP contribution in [0.3, 0.4) is 0 Å². The Balaban J connectivity index is 1.96. The summed E-state index contributed by atoms with van der Waals surface area (Å²) in [6.45, 7) is 6.29. The molecule has 1 saturated heterocycles. The maximum Gasteiger partial charge on any atom is 0.256 e. The van der Waals surface area contributed by atoms with E-state index < -0.39 is 0 Å². The van der Waals surface area contributed by atoms with Crippen molar-refractivity contribution in [2.75, 3.05) is 6.54 Å². The lowest BCUT2D eigenvalue weighted by atomic mass is 10.1. The number of H-pyrrole nitrogens is 1.